The number of hydrogen-bond acceptors (Lipinski definition) is 3. The lowest BCUT2D eigenvalue weighted by atomic mass is 9.71. The van der Waals surface area contributed by atoms with Gasteiger partial charge in [-0.15, -0.1) is 0 Å². The molecule has 0 bridgehead atoms. The lowest BCUT2D eigenvalue weighted by Crippen LogP contribution is -2.35. The Hall–Kier alpha value is -1.35. The molecule has 3 atom stereocenters. The zero-order chi connectivity index (χ0) is 14.8. The van der Waals surface area contributed by atoms with Crippen LogP contribution in [0.15, 0.2) is 30.3 Å². The maximum absolute atomic E-state index is 12.1. The Balaban J connectivity index is 1.97. The molecule has 0 saturated heterocycles. The van der Waals surface area contributed by atoms with E-state index in [1.165, 1.54) is 0 Å². The van der Waals surface area contributed by atoms with Crippen molar-refractivity contribution in [3.8, 4) is 0 Å². The standard InChI is InChI=1S/C17H24O3/c1-12-9-14(11-17(2,3)10-12)20-16(19)15(18)13-7-5-4-6-8-13/h4-8,12,14-15,18H,9-11H2,1-3H3/t12-,14-,15+/m1/s1. The quantitative estimate of drug-likeness (QED) is 0.860. The van der Waals surface area contributed by atoms with Crippen LogP contribution in [0.1, 0.15) is 51.7 Å². The molecule has 1 fully saturated rings. The molecule has 1 saturated carbocycles. The van der Waals surface area contributed by atoms with Crippen molar-refractivity contribution in [1.29, 1.82) is 0 Å². The zero-order valence-electron chi connectivity index (χ0n) is 12.5. The highest BCUT2D eigenvalue weighted by Gasteiger charge is 2.35. The van der Waals surface area contributed by atoms with Crippen LogP contribution >= 0.6 is 0 Å². The summed E-state index contributed by atoms with van der Waals surface area (Å²) in [4.78, 5) is 12.1. The molecule has 3 nitrogen and oxygen atoms in total. The Morgan fingerprint density at radius 3 is 2.55 bits per heavy atom. The predicted octanol–water partition coefficient (Wildman–Crippen LogP) is 3.48. The van der Waals surface area contributed by atoms with Crippen LogP contribution in [-0.4, -0.2) is 17.2 Å². The average Bonchev–Trinajstić information content (AvgIpc) is 2.36. The first-order valence-corrected chi connectivity index (χ1v) is 7.31. The van der Waals surface area contributed by atoms with Gasteiger partial charge in [-0.3, -0.25) is 0 Å². The smallest absolute Gasteiger partial charge is 0.339 e. The summed E-state index contributed by atoms with van der Waals surface area (Å²) in [7, 11) is 0. The predicted molar refractivity (Wildman–Crippen MR) is 78.1 cm³/mol. The van der Waals surface area contributed by atoms with Gasteiger partial charge < -0.3 is 9.84 Å². The lowest BCUT2D eigenvalue weighted by Gasteiger charge is -2.38. The highest BCUT2D eigenvalue weighted by atomic mass is 16.6. The van der Waals surface area contributed by atoms with Crippen molar-refractivity contribution in [2.24, 2.45) is 11.3 Å². The molecule has 0 aromatic heterocycles. The summed E-state index contributed by atoms with van der Waals surface area (Å²) in [6.07, 6.45) is 1.64. The Morgan fingerprint density at radius 1 is 1.30 bits per heavy atom. The second kappa shape index (κ2) is 5.96. The minimum atomic E-state index is -1.18. The first-order valence-electron chi connectivity index (χ1n) is 7.31. The van der Waals surface area contributed by atoms with Gasteiger partial charge in [-0.2, -0.15) is 0 Å². The highest BCUT2D eigenvalue weighted by Crippen LogP contribution is 2.40. The van der Waals surface area contributed by atoms with E-state index in [1.807, 2.05) is 6.07 Å². The van der Waals surface area contributed by atoms with E-state index in [1.54, 1.807) is 24.3 Å². The molecule has 1 aliphatic rings. The van der Waals surface area contributed by atoms with Gasteiger partial charge >= 0.3 is 5.97 Å². The maximum Gasteiger partial charge on any atom is 0.339 e. The van der Waals surface area contributed by atoms with Gasteiger partial charge in [0, 0.05) is 0 Å². The Bertz CT molecular complexity index is 453. The van der Waals surface area contributed by atoms with Gasteiger partial charge in [-0.1, -0.05) is 51.1 Å². The molecular formula is C17H24O3. The Kier molecular flexibility index (Phi) is 4.48. The van der Waals surface area contributed by atoms with Crippen LogP contribution in [0, 0.1) is 11.3 Å². The summed E-state index contributed by atoms with van der Waals surface area (Å²) < 4.78 is 5.52. The van der Waals surface area contributed by atoms with Gasteiger partial charge in [-0.05, 0) is 36.2 Å². The molecule has 1 aromatic rings. The van der Waals surface area contributed by atoms with Crippen LogP contribution in [-0.2, 0) is 9.53 Å². The second-order valence-corrected chi connectivity index (χ2v) is 6.79. The average molecular weight is 276 g/mol. The number of carbonyl (C=O) groups excluding carboxylic acids is 1. The fourth-order valence-corrected chi connectivity index (χ4v) is 3.35. The minimum absolute atomic E-state index is 0.0837. The summed E-state index contributed by atoms with van der Waals surface area (Å²) in [5, 5.41) is 10.0. The molecule has 0 heterocycles. The fourth-order valence-electron chi connectivity index (χ4n) is 3.35. The molecule has 0 radical (unpaired) electrons. The third kappa shape index (κ3) is 3.83. The van der Waals surface area contributed by atoms with Crippen LogP contribution in [0.2, 0.25) is 0 Å². The van der Waals surface area contributed by atoms with Gasteiger partial charge in [0.2, 0.25) is 0 Å². The molecule has 0 spiro atoms. The highest BCUT2D eigenvalue weighted by molar-refractivity contribution is 5.76. The topological polar surface area (TPSA) is 46.5 Å². The van der Waals surface area contributed by atoms with Crippen molar-refractivity contribution in [2.75, 3.05) is 0 Å². The molecule has 3 heteroatoms. The van der Waals surface area contributed by atoms with E-state index in [0.717, 1.165) is 19.3 Å². The van der Waals surface area contributed by atoms with E-state index < -0.39 is 12.1 Å². The van der Waals surface area contributed by atoms with Crippen molar-refractivity contribution >= 4 is 5.97 Å². The monoisotopic (exact) mass is 276 g/mol. The number of hydrogen-bond donors (Lipinski definition) is 1. The molecule has 0 unspecified atom stereocenters. The van der Waals surface area contributed by atoms with Crippen molar-refractivity contribution in [3.05, 3.63) is 35.9 Å². The number of aliphatic hydroxyl groups is 1. The molecule has 0 aliphatic heterocycles. The lowest BCUT2D eigenvalue weighted by molar-refractivity contribution is -0.163. The van der Waals surface area contributed by atoms with Gasteiger partial charge in [0.25, 0.3) is 0 Å². The summed E-state index contributed by atoms with van der Waals surface area (Å²) in [5.41, 5.74) is 0.779. The molecule has 1 aromatic carbocycles. The SMILES string of the molecule is C[C@@H]1C[C@@H](OC(=O)[C@@H](O)c2ccccc2)CC(C)(C)C1. The second-order valence-electron chi connectivity index (χ2n) is 6.79. The number of benzene rings is 1. The molecule has 110 valence electrons. The molecule has 1 N–H and O–H groups in total. The van der Waals surface area contributed by atoms with Crippen LogP contribution < -0.4 is 0 Å². The number of ether oxygens (including phenoxy) is 1. The molecule has 20 heavy (non-hydrogen) atoms. The first kappa shape index (κ1) is 15.0. The molecule has 2 rings (SSSR count). The summed E-state index contributed by atoms with van der Waals surface area (Å²) in [6, 6.07) is 8.93. The number of aliphatic hydroxyl groups excluding tert-OH is 1. The summed E-state index contributed by atoms with van der Waals surface area (Å²) in [5.74, 6) is 0.0107. The fraction of sp³-hybridized carbons (Fsp3) is 0.588. The van der Waals surface area contributed by atoms with Crippen molar-refractivity contribution < 1.29 is 14.6 Å². The van der Waals surface area contributed by atoms with Gasteiger partial charge in [-0.25, -0.2) is 4.79 Å². The summed E-state index contributed by atoms with van der Waals surface area (Å²) in [6.45, 7) is 6.60. The Morgan fingerprint density at radius 2 is 1.95 bits per heavy atom. The van der Waals surface area contributed by atoms with Crippen molar-refractivity contribution in [1.82, 2.24) is 0 Å². The van der Waals surface area contributed by atoms with Gasteiger partial charge in [0.05, 0.1) is 0 Å². The third-order valence-electron chi connectivity index (χ3n) is 3.97. The van der Waals surface area contributed by atoms with E-state index in [0.29, 0.717) is 11.5 Å². The first-order chi connectivity index (χ1) is 9.37. The number of rotatable bonds is 3. The number of carbonyl (C=O) groups is 1. The van der Waals surface area contributed by atoms with E-state index in [4.69, 9.17) is 4.74 Å². The normalized spacial score (nSPS) is 26.8. The van der Waals surface area contributed by atoms with Crippen LogP contribution in [0.5, 0.6) is 0 Å². The van der Waals surface area contributed by atoms with E-state index in [2.05, 4.69) is 20.8 Å². The number of esters is 1. The largest absolute Gasteiger partial charge is 0.460 e. The summed E-state index contributed by atoms with van der Waals surface area (Å²) >= 11 is 0. The van der Waals surface area contributed by atoms with Crippen LogP contribution in [0.3, 0.4) is 0 Å². The van der Waals surface area contributed by atoms with Gasteiger partial charge in [0.15, 0.2) is 6.10 Å². The molecule has 1 aliphatic carbocycles. The van der Waals surface area contributed by atoms with Gasteiger partial charge in [0.1, 0.15) is 6.10 Å². The van der Waals surface area contributed by atoms with E-state index in [9.17, 15) is 9.90 Å². The zero-order valence-corrected chi connectivity index (χ0v) is 12.5. The Labute approximate surface area is 121 Å². The molecule has 0 amide bonds. The van der Waals surface area contributed by atoms with Crippen molar-refractivity contribution in [2.45, 2.75) is 52.2 Å². The van der Waals surface area contributed by atoms with Crippen LogP contribution in [0.4, 0.5) is 0 Å². The van der Waals surface area contributed by atoms with E-state index in [-0.39, 0.29) is 11.5 Å². The van der Waals surface area contributed by atoms with Crippen molar-refractivity contribution in [3.63, 3.8) is 0 Å². The van der Waals surface area contributed by atoms with E-state index >= 15 is 0 Å². The minimum Gasteiger partial charge on any atom is -0.460 e. The third-order valence-corrected chi connectivity index (χ3v) is 3.97. The maximum atomic E-state index is 12.1. The van der Waals surface area contributed by atoms with Crippen LogP contribution in [0.25, 0.3) is 0 Å². The molecular weight excluding hydrogens is 252 g/mol.